The number of benzene rings is 1. The predicted octanol–water partition coefficient (Wildman–Crippen LogP) is 2.90. The summed E-state index contributed by atoms with van der Waals surface area (Å²) < 4.78 is 0. The molecule has 0 bridgehead atoms. The highest BCUT2D eigenvalue weighted by atomic mass is 15.2. The molecule has 0 spiro atoms. The summed E-state index contributed by atoms with van der Waals surface area (Å²) in [6.45, 7) is 6.95. The minimum Gasteiger partial charge on any atom is -0.399 e. The van der Waals surface area contributed by atoms with E-state index in [4.69, 9.17) is 5.73 Å². The van der Waals surface area contributed by atoms with Crippen LogP contribution in [0.1, 0.15) is 26.7 Å². The molecule has 1 heterocycles. The second kappa shape index (κ2) is 3.76. The Balaban J connectivity index is 2.05. The van der Waals surface area contributed by atoms with Crippen LogP contribution in [-0.4, -0.2) is 13.1 Å². The van der Waals surface area contributed by atoms with Gasteiger partial charge in [-0.1, -0.05) is 19.9 Å². The molecule has 1 aromatic carbocycles. The second-order valence-corrected chi connectivity index (χ2v) is 4.66. The average molecular weight is 204 g/mol. The van der Waals surface area contributed by atoms with Gasteiger partial charge in [0.05, 0.1) is 0 Å². The van der Waals surface area contributed by atoms with Crippen LogP contribution >= 0.6 is 0 Å². The van der Waals surface area contributed by atoms with E-state index < -0.39 is 0 Å². The Kier molecular flexibility index (Phi) is 2.59. The summed E-state index contributed by atoms with van der Waals surface area (Å²) in [5.41, 5.74) is 8.47. The molecule has 0 unspecified atom stereocenters. The molecule has 82 valence electrons. The van der Waals surface area contributed by atoms with Crippen LogP contribution in [-0.2, 0) is 0 Å². The van der Waals surface area contributed by atoms with Crippen molar-refractivity contribution in [2.75, 3.05) is 23.7 Å². The van der Waals surface area contributed by atoms with Crippen molar-refractivity contribution >= 4 is 11.4 Å². The molecule has 2 N–H and O–H groups in total. The molecular formula is C13H20N2. The fraction of sp³-hybridized carbons (Fsp3) is 0.538. The van der Waals surface area contributed by atoms with Gasteiger partial charge in [0, 0.05) is 29.9 Å². The van der Waals surface area contributed by atoms with Crippen LogP contribution in [0.4, 0.5) is 11.4 Å². The van der Waals surface area contributed by atoms with E-state index in [2.05, 4.69) is 30.9 Å². The SMILES string of the molecule is CCC1(CC)CN(c2cccc(N)c2)C1. The Labute approximate surface area is 92.1 Å². The molecule has 1 aliphatic heterocycles. The topological polar surface area (TPSA) is 29.3 Å². The third kappa shape index (κ3) is 1.81. The van der Waals surface area contributed by atoms with Crippen LogP contribution < -0.4 is 10.6 Å². The van der Waals surface area contributed by atoms with Crippen LogP contribution in [0.2, 0.25) is 0 Å². The monoisotopic (exact) mass is 204 g/mol. The number of anilines is 2. The maximum absolute atomic E-state index is 5.78. The Morgan fingerprint density at radius 1 is 1.27 bits per heavy atom. The van der Waals surface area contributed by atoms with Crippen molar-refractivity contribution in [3.05, 3.63) is 24.3 Å². The Hall–Kier alpha value is -1.18. The average Bonchev–Trinajstić information content (AvgIpc) is 2.18. The number of rotatable bonds is 3. The normalized spacial score (nSPS) is 18.7. The van der Waals surface area contributed by atoms with E-state index in [0.717, 1.165) is 5.69 Å². The molecule has 0 aromatic heterocycles. The van der Waals surface area contributed by atoms with Crippen molar-refractivity contribution in [1.82, 2.24) is 0 Å². The lowest BCUT2D eigenvalue weighted by Gasteiger charge is -2.51. The summed E-state index contributed by atoms with van der Waals surface area (Å²) in [4.78, 5) is 2.42. The second-order valence-electron chi connectivity index (χ2n) is 4.66. The standard InChI is InChI=1S/C13H20N2/c1-3-13(4-2)9-15(10-13)12-7-5-6-11(14)8-12/h5-8H,3-4,9-10,14H2,1-2H3. The highest BCUT2D eigenvalue weighted by Gasteiger charge is 2.39. The summed E-state index contributed by atoms with van der Waals surface area (Å²) >= 11 is 0. The van der Waals surface area contributed by atoms with Crippen LogP contribution in [0.5, 0.6) is 0 Å². The summed E-state index contributed by atoms with van der Waals surface area (Å²) in [5, 5.41) is 0. The first kappa shape index (κ1) is 10.3. The molecule has 0 radical (unpaired) electrons. The molecule has 1 fully saturated rings. The Morgan fingerprint density at radius 3 is 2.47 bits per heavy atom. The summed E-state index contributed by atoms with van der Waals surface area (Å²) in [6.07, 6.45) is 2.56. The van der Waals surface area contributed by atoms with Crippen molar-refractivity contribution in [3.8, 4) is 0 Å². The molecule has 2 rings (SSSR count). The van der Waals surface area contributed by atoms with Crippen molar-refractivity contribution < 1.29 is 0 Å². The largest absolute Gasteiger partial charge is 0.399 e. The molecule has 2 heteroatoms. The Bertz CT molecular complexity index is 334. The number of hydrogen-bond donors (Lipinski definition) is 1. The maximum Gasteiger partial charge on any atom is 0.0387 e. The lowest BCUT2D eigenvalue weighted by molar-refractivity contribution is 0.194. The number of nitrogens with zero attached hydrogens (tertiary/aromatic N) is 1. The van der Waals surface area contributed by atoms with E-state index in [9.17, 15) is 0 Å². The van der Waals surface area contributed by atoms with Crippen LogP contribution in [0, 0.1) is 5.41 Å². The molecule has 0 amide bonds. The molecule has 2 nitrogen and oxygen atoms in total. The smallest absolute Gasteiger partial charge is 0.0387 e. The zero-order valence-corrected chi connectivity index (χ0v) is 9.66. The third-order valence-electron chi connectivity index (χ3n) is 3.79. The van der Waals surface area contributed by atoms with Gasteiger partial charge in [-0.25, -0.2) is 0 Å². The highest BCUT2D eigenvalue weighted by molar-refractivity contribution is 5.57. The predicted molar refractivity (Wildman–Crippen MR) is 66.1 cm³/mol. The van der Waals surface area contributed by atoms with Crippen LogP contribution in [0.25, 0.3) is 0 Å². The highest BCUT2D eigenvalue weighted by Crippen LogP contribution is 2.39. The van der Waals surface area contributed by atoms with Crippen LogP contribution in [0.3, 0.4) is 0 Å². The molecule has 1 aliphatic rings. The zero-order valence-electron chi connectivity index (χ0n) is 9.66. The van der Waals surface area contributed by atoms with Crippen LogP contribution in [0.15, 0.2) is 24.3 Å². The fourth-order valence-corrected chi connectivity index (χ4v) is 2.36. The molecule has 1 saturated heterocycles. The quantitative estimate of drug-likeness (QED) is 0.767. The summed E-state index contributed by atoms with van der Waals surface area (Å²) in [7, 11) is 0. The molecule has 0 aliphatic carbocycles. The molecule has 0 atom stereocenters. The van der Waals surface area contributed by atoms with Crippen molar-refractivity contribution in [3.63, 3.8) is 0 Å². The number of nitrogens with two attached hydrogens (primary N) is 1. The molecule has 0 saturated carbocycles. The first-order valence-electron chi connectivity index (χ1n) is 5.79. The van der Waals surface area contributed by atoms with Gasteiger partial charge in [-0.2, -0.15) is 0 Å². The minimum absolute atomic E-state index is 0.560. The van der Waals surface area contributed by atoms with E-state index in [1.54, 1.807) is 0 Å². The van der Waals surface area contributed by atoms with Gasteiger partial charge in [-0.05, 0) is 31.0 Å². The maximum atomic E-state index is 5.78. The van der Waals surface area contributed by atoms with Gasteiger partial charge in [-0.3, -0.25) is 0 Å². The van der Waals surface area contributed by atoms with Gasteiger partial charge in [0.2, 0.25) is 0 Å². The fourth-order valence-electron chi connectivity index (χ4n) is 2.36. The van der Waals surface area contributed by atoms with Crippen molar-refractivity contribution in [1.29, 1.82) is 0 Å². The van der Waals surface area contributed by atoms with E-state index in [1.165, 1.54) is 31.6 Å². The van der Waals surface area contributed by atoms with E-state index in [-0.39, 0.29) is 0 Å². The van der Waals surface area contributed by atoms with Crippen molar-refractivity contribution in [2.45, 2.75) is 26.7 Å². The molecule has 15 heavy (non-hydrogen) atoms. The van der Waals surface area contributed by atoms with E-state index in [1.807, 2.05) is 12.1 Å². The first-order chi connectivity index (χ1) is 7.19. The molecular weight excluding hydrogens is 184 g/mol. The van der Waals surface area contributed by atoms with Gasteiger partial charge >= 0.3 is 0 Å². The summed E-state index contributed by atoms with van der Waals surface area (Å²) in [6, 6.07) is 8.18. The number of hydrogen-bond acceptors (Lipinski definition) is 2. The lowest BCUT2D eigenvalue weighted by atomic mass is 9.75. The van der Waals surface area contributed by atoms with Gasteiger partial charge in [0.1, 0.15) is 0 Å². The number of nitrogen functional groups attached to an aromatic ring is 1. The third-order valence-corrected chi connectivity index (χ3v) is 3.79. The Morgan fingerprint density at radius 2 is 1.93 bits per heavy atom. The van der Waals surface area contributed by atoms with Gasteiger partial charge in [0.25, 0.3) is 0 Å². The van der Waals surface area contributed by atoms with Crippen molar-refractivity contribution in [2.24, 2.45) is 5.41 Å². The molecule has 1 aromatic rings. The lowest BCUT2D eigenvalue weighted by Crippen LogP contribution is -2.55. The van der Waals surface area contributed by atoms with Gasteiger partial charge in [-0.15, -0.1) is 0 Å². The zero-order chi connectivity index (χ0) is 10.9. The van der Waals surface area contributed by atoms with E-state index in [0.29, 0.717) is 5.41 Å². The first-order valence-corrected chi connectivity index (χ1v) is 5.79. The summed E-state index contributed by atoms with van der Waals surface area (Å²) in [5.74, 6) is 0. The van der Waals surface area contributed by atoms with Gasteiger partial charge < -0.3 is 10.6 Å². The van der Waals surface area contributed by atoms with Gasteiger partial charge in [0.15, 0.2) is 0 Å². The minimum atomic E-state index is 0.560. The van der Waals surface area contributed by atoms with E-state index >= 15 is 0 Å².